The third kappa shape index (κ3) is 3.02. The lowest BCUT2D eigenvalue weighted by atomic mass is 10.2. The van der Waals surface area contributed by atoms with Crippen molar-refractivity contribution in [3.8, 4) is 11.4 Å². The first-order valence-corrected chi connectivity index (χ1v) is 9.74. The monoisotopic (exact) mass is 349 g/mol. The van der Waals surface area contributed by atoms with Crippen LogP contribution in [0.5, 0.6) is 0 Å². The van der Waals surface area contributed by atoms with Gasteiger partial charge in [-0.25, -0.2) is 15.0 Å². The SMILES string of the molecule is c1ccc(-c2csc(CNc3nc(C4CC4)nc4c3CCC4)n2)nc1. The summed E-state index contributed by atoms with van der Waals surface area (Å²) in [4.78, 5) is 18.7. The molecule has 5 nitrogen and oxygen atoms in total. The minimum Gasteiger partial charge on any atom is -0.363 e. The number of thiazole rings is 1. The van der Waals surface area contributed by atoms with E-state index in [1.165, 1.54) is 30.5 Å². The molecule has 6 heteroatoms. The number of fused-ring (bicyclic) bond motifs is 1. The van der Waals surface area contributed by atoms with Gasteiger partial charge in [0, 0.05) is 28.8 Å². The summed E-state index contributed by atoms with van der Waals surface area (Å²) < 4.78 is 0. The number of hydrogen-bond acceptors (Lipinski definition) is 6. The zero-order chi connectivity index (χ0) is 16.6. The fourth-order valence-electron chi connectivity index (χ4n) is 3.31. The second-order valence-corrected chi connectivity index (χ2v) is 7.62. The molecule has 0 aliphatic heterocycles. The van der Waals surface area contributed by atoms with Crippen LogP contribution in [0.1, 0.15) is 47.3 Å². The summed E-state index contributed by atoms with van der Waals surface area (Å²) in [5.74, 6) is 2.65. The molecule has 0 radical (unpaired) electrons. The Morgan fingerprint density at radius 2 is 2.04 bits per heavy atom. The minimum atomic E-state index is 0.585. The maximum atomic E-state index is 4.83. The fourth-order valence-corrected chi connectivity index (χ4v) is 4.03. The summed E-state index contributed by atoms with van der Waals surface area (Å²) >= 11 is 1.66. The van der Waals surface area contributed by atoms with E-state index < -0.39 is 0 Å². The van der Waals surface area contributed by atoms with Crippen molar-refractivity contribution < 1.29 is 0 Å². The second kappa shape index (κ2) is 6.19. The van der Waals surface area contributed by atoms with Gasteiger partial charge in [0.15, 0.2) is 0 Å². The molecule has 3 aromatic heterocycles. The van der Waals surface area contributed by atoms with Crippen molar-refractivity contribution in [3.63, 3.8) is 0 Å². The predicted octanol–water partition coefficient (Wildman–Crippen LogP) is 3.97. The van der Waals surface area contributed by atoms with E-state index in [-0.39, 0.29) is 0 Å². The average Bonchev–Trinajstić information content (AvgIpc) is 3.21. The van der Waals surface area contributed by atoms with Crippen LogP contribution in [-0.2, 0) is 19.4 Å². The van der Waals surface area contributed by atoms with E-state index in [2.05, 4.69) is 15.7 Å². The first-order valence-electron chi connectivity index (χ1n) is 8.86. The lowest BCUT2D eigenvalue weighted by Crippen LogP contribution is -2.08. The van der Waals surface area contributed by atoms with E-state index in [4.69, 9.17) is 15.0 Å². The lowest BCUT2D eigenvalue weighted by Gasteiger charge is -2.11. The van der Waals surface area contributed by atoms with Gasteiger partial charge in [-0.1, -0.05) is 6.07 Å². The van der Waals surface area contributed by atoms with E-state index in [9.17, 15) is 0 Å². The van der Waals surface area contributed by atoms with Crippen molar-refractivity contribution in [2.75, 3.05) is 5.32 Å². The Bertz CT molecular complexity index is 901. The number of pyridine rings is 1. The number of aryl methyl sites for hydroxylation is 1. The first-order chi connectivity index (χ1) is 12.4. The van der Waals surface area contributed by atoms with Crippen molar-refractivity contribution in [3.05, 3.63) is 51.9 Å². The van der Waals surface area contributed by atoms with Crippen LogP contribution in [0.4, 0.5) is 5.82 Å². The predicted molar refractivity (Wildman–Crippen MR) is 98.7 cm³/mol. The summed E-state index contributed by atoms with van der Waals surface area (Å²) in [6.07, 6.45) is 7.63. The van der Waals surface area contributed by atoms with E-state index in [1.54, 1.807) is 17.5 Å². The lowest BCUT2D eigenvalue weighted by molar-refractivity contribution is 0.870. The largest absolute Gasteiger partial charge is 0.363 e. The van der Waals surface area contributed by atoms with Gasteiger partial charge in [-0.05, 0) is 44.2 Å². The van der Waals surface area contributed by atoms with Crippen LogP contribution >= 0.6 is 11.3 Å². The number of anilines is 1. The van der Waals surface area contributed by atoms with Crippen molar-refractivity contribution >= 4 is 17.2 Å². The summed E-state index contributed by atoms with van der Waals surface area (Å²) in [5, 5.41) is 6.65. The molecule has 2 aliphatic rings. The van der Waals surface area contributed by atoms with Gasteiger partial charge in [0.05, 0.1) is 17.9 Å². The van der Waals surface area contributed by atoms with Crippen LogP contribution in [0.2, 0.25) is 0 Å². The number of nitrogens with one attached hydrogen (secondary N) is 1. The Hall–Kier alpha value is -2.34. The quantitative estimate of drug-likeness (QED) is 0.755. The Kier molecular flexibility index (Phi) is 3.70. The molecule has 25 heavy (non-hydrogen) atoms. The van der Waals surface area contributed by atoms with Gasteiger partial charge < -0.3 is 5.32 Å². The zero-order valence-electron chi connectivity index (χ0n) is 13.9. The summed E-state index contributed by atoms with van der Waals surface area (Å²) in [6, 6.07) is 5.90. The number of rotatable bonds is 5. The Balaban J connectivity index is 1.36. The minimum absolute atomic E-state index is 0.585. The highest BCUT2D eigenvalue weighted by atomic mass is 32.1. The molecule has 0 aromatic carbocycles. The van der Waals surface area contributed by atoms with Crippen LogP contribution < -0.4 is 5.32 Å². The molecule has 126 valence electrons. The molecule has 3 aromatic rings. The van der Waals surface area contributed by atoms with Crippen LogP contribution in [0, 0.1) is 0 Å². The van der Waals surface area contributed by atoms with Gasteiger partial charge in [-0.15, -0.1) is 11.3 Å². The summed E-state index contributed by atoms with van der Waals surface area (Å²) in [7, 11) is 0. The van der Waals surface area contributed by atoms with Crippen molar-refractivity contribution in [1.29, 1.82) is 0 Å². The molecule has 0 amide bonds. The van der Waals surface area contributed by atoms with Gasteiger partial charge in [-0.2, -0.15) is 0 Å². The van der Waals surface area contributed by atoms with E-state index in [1.807, 2.05) is 18.2 Å². The van der Waals surface area contributed by atoms with Gasteiger partial charge in [0.25, 0.3) is 0 Å². The topological polar surface area (TPSA) is 63.6 Å². The first kappa shape index (κ1) is 15.0. The van der Waals surface area contributed by atoms with Crippen LogP contribution in [0.25, 0.3) is 11.4 Å². The molecule has 5 rings (SSSR count). The number of hydrogen-bond donors (Lipinski definition) is 1. The van der Waals surface area contributed by atoms with Gasteiger partial charge in [0.1, 0.15) is 16.6 Å². The van der Waals surface area contributed by atoms with Crippen LogP contribution in [0.3, 0.4) is 0 Å². The number of nitrogens with zero attached hydrogens (tertiary/aromatic N) is 4. The van der Waals surface area contributed by atoms with Crippen molar-refractivity contribution in [2.45, 2.75) is 44.6 Å². The van der Waals surface area contributed by atoms with Crippen molar-refractivity contribution in [1.82, 2.24) is 19.9 Å². The fraction of sp³-hybridized carbons (Fsp3) is 0.368. The second-order valence-electron chi connectivity index (χ2n) is 6.68. The molecular formula is C19H19N5S. The zero-order valence-corrected chi connectivity index (χ0v) is 14.7. The highest BCUT2D eigenvalue weighted by Crippen LogP contribution is 2.40. The van der Waals surface area contributed by atoms with Crippen LogP contribution in [0.15, 0.2) is 29.8 Å². The standard InChI is InChI=1S/C19H19N5S/c1-2-9-20-15(5-1)16-11-25-17(22-16)10-21-19-13-4-3-6-14(13)23-18(24-19)12-7-8-12/h1-2,5,9,11-12H,3-4,6-8,10H2,(H,21,23,24). The van der Waals surface area contributed by atoms with E-state index in [0.29, 0.717) is 12.5 Å². The summed E-state index contributed by atoms with van der Waals surface area (Å²) in [5.41, 5.74) is 4.43. The molecular weight excluding hydrogens is 330 g/mol. The molecule has 3 heterocycles. The number of aromatic nitrogens is 4. The highest BCUT2D eigenvalue weighted by Gasteiger charge is 2.29. The molecule has 1 saturated carbocycles. The molecule has 0 bridgehead atoms. The molecule has 0 spiro atoms. The molecule has 1 fully saturated rings. The Morgan fingerprint density at radius 3 is 2.88 bits per heavy atom. The molecule has 2 aliphatic carbocycles. The van der Waals surface area contributed by atoms with Crippen LogP contribution in [-0.4, -0.2) is 19.9 Å². The Labute approximate surface area is 150 Å². The van der Waals surface area contributed by atoms with Gasteiger partial charge >= 0.3 is 0 Å². The third-order valence-corrected chi connectivity index (χ3v) is 5.63. The highest BCUT2D eigenvalue weighted by molar-refractivity contribution is 7.09. The van der Waals surface area contributed by atoms with Gasteiger partial charge in [0.2, 0.25) is 0 Å². The van der Waals surface area contributed by atoms with Crippen molar-refractivity contribution in [2.24, 2.45) is 0 Å². The molecule has 0 atom stereocenters. The molecule has 0 unspecified atom stereocenters. The molecule has 1 N–H and O–H groups in total. The average molecular weight is 349 g/mol. The Morgan fingerprint density at radius 1 is 1.08 bits per heavy atom. The molecule has 0 saturated heterocycles. The maximum absolute atomic E-state index is 4.83. The van der Waals surface area contributed by atoms with E-state index in [0.717, 1.165) is 40.9 Å². The summed E-state index contributed by atoms with van der Waals surface area (Å²) in [6.45, 7) is 0.699. The maximum Gasteiger partial charge on any atom is 0.134 e. The van der Waals surface area contributed by atoms with Gasteiger partial charge in [-0.3, -0.25) is 4.98 Å². The normalized spacial score (nSPS) is 16.0. The smallest absolute Gasteiger partial charge is 0.134 e. The van der Waals surface area contributed by atoms with E-state index >= 15 is 0 Å². The third-order valence-electron chi connectivity index (χ3n) is 4.78.